The summed E-state index contributed by atoms with van der Waals surface area (Å²) in [5.41, 5.74) is 0. The lowest BCUT2D eigenvalue weighted by Crippen LogP contribution is -2.45. The molecule has 0 aliphatic carbocycles. The van der Waals surface area contributed by atoms with Gasteiger partial charge < -0.3 is 20.3 Å². The van der Waals surface area contributed by atoms with Gasteiger partial charge in [-0.2, -0.15) is 0 Å². The number of hydrogen-bond acceptors (Lipinski definition) is 5. The summed E-state index contributed by atoms with van der Waals surface area (Å²) < 4.78 is 5.46. The van der Waals surface area contributed by atoms with Crippen molar-refractivity contribution in [3.63, 3.8) is 0 Å². The van der Waals surface area contributed by atoms with Crippen molar-refractivity contribution >= 4 is 11.9 Å². The Morgan fingerprint density at radius 1 is 0.384 bits per heavy atom. The SMILES string of the molecule is CCCCCC/C=C\C/C=C\CCCCCCCC(=O)OCCCCCC/C=C\CCCCCCCCCC(=O)NC(CO)C(O)/C=C/CCCCCCCCCCCCCCCCCCCCCCCCC. The average Bonchev–Trinajstić information content (AvgIpc) is 3.39. The fourth-order valence-electron chi connectivity index (χ4n) is 9.84. The Labute approximate surface area is 455 Å². The van der Waals surface area contributed by atoms with Gasteiger partial charge in [0.1, 0.15) is 0 Å². The lowest BCUT2D eigenvalue weighted by atomic mass is 10.0. The lowest BCUT2D eigenvalue weighted by Gasteiger charge is -2.20. The third-order valence-electron chi connectivity index (χ3n) is 14.8. The minimum atomic E-state index is -0.858. The molecule has 73 heavy (non-hydrogen) atoms. The molecule has 0 spiro atoms. The van der Waals surface area contributed by atoms with Crippen LogP contribution in [0.4, 0.5) is 0 Å². The van der Waals surface area contributed by atoms with E-state index in [-0.39, 0.29) is 18.5 Å². The molecule has 0 saturated carbocycles. The Kier molecular flexibility index (Phi) is 60.5. The van der Waals surface area contributed by atoms with Crippen molar-refractivity contribution in [3.05, 3.63) is 48.6 Å². The number of carbonyl (C=O) groups excluding carboxylic acids is 2. The molecule has 0 aromatic carbocycles. The van der Waals surface area contributed by atoms with Gasteiger partial charge in [0.15, 0.2) is 0 Å². The molecule has 0 heterocycles. The number of unbranched alkanes of at least 4 members (excludes halogenated alkanes) is 43. The smallest absolute Gasteiger partial charge is 0.305 e. The van der Waals surface area contributed by atoms with Crippen LogP contribution in [0.5, 0.6) is 0 Å². The molecule has 2 atom stereocenters. The minimum Gasteiger partial charge on any atom is -0.466 e. The van der Waals surface area contributed by atoms with E-state index in [9.17, 15) is 19.8 Å². The molecule has 1 amide bonds. The number of ether oxygens (including phenoxy) is 1. The van der Waals surface area contributed by atoms with Crippen molar-refractivity contribution in [3.8, 4) is 0 Å². The fourth-order valence-corrected chi connectivity index (χ4v) is 9.84. The van der Waals surface area contributed by atoms with Crippen LogP contribution in [0.25, 0.3) is 0 Å². The maximum Gasteiger partial charge on any atom is 0.305 e. The number of aliphatic hydroxyl groups is 2. The van der Waals surface area contributed by atoms with Gasteiger partial charge in [-0.1, -0.05) is 287 Å². The summed E-state index contributed by atoms with van der Waals surface area (Å²) in [7, 11) is 0. The topological polar surface area (TPSA) is 95.9 Å². The molecular formula is C67H125NO5. The van der Waals surface area contributed by atoms with Gasteiger partial charge in [0.2, 0.25) is 5.91 Å². The molecule has 0 aromatic rings. The van der Waals surface area contributed by atoms with E-state index in [0.29, 0.717) is 19.4 Å². The second-order valence-electron chi connectivity index (χ2n) is 22.1. The van der Waals surface area contributed by atoms with Gasteiger partial charge in [0, 0.05) is 12.8 Å². The molecule has 0 aliphatic rings. The zero-order valence-corrected chi connectivity index (χ0v) is 48.9. The van der Waals surface area contributed by atoms with Crippen molar-refractivity contribution in [1.82, 2.24) is 5.32 Å². The van der Waals surface area contributed by atoms with Gasteiger partial charge in [-0.05, 0) is 89.9 Å². The Balaban J connectivity index is 3.50. The number of aliphatic hydroxyl groups excluding tert-OH is 2. The van der Waals surface area contributed by atoms with Gasteiger partial charge >= 0.3 is 5.97 Å². The Morgan fingerprint density at radius 2 is 0.685 bits per heavy atom. The molecule has 6 heteroatoms. The van der Waals surface area contributed by atoms with Gasteiger partial charge in [-0.25, -0.2) is 0 Å². The van der Waals surface area contributed by atoms with Crippen LogP contribution in [-0.2, 0) is 14.3 Å². The van der Waals surface area contributed by atoms with E-state index in [1.165, 1.54) is 231 Å². The van der Waals surface area contributed by atoms with E-state index in [1.807, 2.05) is 6.08 Å². The Hall–Kier alpha value is -2.18. The summed E-state index contributed by atoms with van der Waals surface area (Å²) in [6.07, 6.45) is 80.1. The van der Waals surface area contributed by atoms with Crippen molar-refractivity contribution in [2.45, 2.75) is 353 Å². The number of amides is 1. The van der Waals surface area contributed by atoms with E-state index < -0.39 is 12.1 Å². The molecule has 3 N–H and O–H groups in total. The highest BCUT2D eigenvalue weighted by atomic mass is 16.5. The Bertz CT molecular complexity index is 1230. The van der Waals surface area contributed by atoms with Gasteiger partial charge in [0.25, 0.3) is 0 Å². The van der Waals surface area contributed by atoms with E-state index in [2.05, 4.69) is 55.6 Å². The summed E-state index contributed by atoms with van der Waals surface area (Å²) in [4.78, 5) is 24.6. The van der Waals surface area contributed by atoms with Crippen LogP contribution in [0.1, 0.15) is 341 Å². The van der Waals surface area contributed by atoms with Crippen molar-refractivity contribution in [2.24, 2.45) is 0 Å². The predicted molar refractivity (Wildman–Crippen MR) is 319 cm³/mol. The quantitative estimate of drug-likeness (QED) is 0.0320. The molecule has 0 aliphatic heterocycles. The predicted octanol–water partition coefficient (Wildman–Crippen LogP) is 20.5. The summed E-state index contributed by atoms with van der Waals surface area (Å²) >= 11 is 0. The first-order valence-electron chi connectivity index (χ1n) is 32.4. The first kappa shape index (κ1) is 70.8. The molecule has 428 valence electrons. The standard InChI is InChI=1S/C67H125NO5/c1-3-5-7-9-11-13-15-17-19-21-22-23-24-25-26-27-28-29-31-35-39-43-47-51-55-59-65(70)64(63-69)68-66(71)60-56-52-48-44-40-36-32-30-34-38-42-46-50-54-58-62-73-67(72)61-57-53-49-45-41-37-33-20-18-16-14-12-10-8-6-4-2/h14,16,20,33-34,38,55,59,64-65,69-70H,3-13,15,17-19,21-32,35-37,39-54,56-58,60-63H2,1-2H3,(H,68,71)/b16-14-,33-20-,38-34-,59-55+. The Morgan fingerprint density at radius 3 is 1.07 bits per heavy atom. The number of hydrogen-bond donors (Lipinski definition) is 3. The monoisotopic (exact) mass is 1020 g/mol. The molecule has 0 bridgehead atoms. The van der Waals surface area contributed by atoms with Crippen LogP contribution in [0.2, 0.25) is 0 Å². The number of rotatable bonds is 60. The van der Waals surface area contributed by atoms with Gasteiger partial charge in [0.05, 0.1) is 25.4 Å². The van der Waals surface area contributed by atoms with Crippen LogP contribution in [0.3, 0.4) is 0 Å². The van der Waals surface area contributed by atoms with E-state index in [4.69, 9.17) is 4.74 Å². The molecule has 0 rings (SSSR count). The van der Waals surface area contributed by atoms with Crippen LogP contribution >= 0.6 is 0 Å². The molecule has 2 unspecified atom stereocenters. The van der Waals surface area contributed by atoms with E-state index >= 15 is 0 Å². The van der Waals surface area contributed by atoms with Crippen molar-refractivity contribution in [2.75, 3.05) is 13.2 Å². The molecule has 0 saturated heterocycles. The minimum absolute atomic E-state index is 0.0244. The normalized spacial score (nSPS) is 12.9. The second kappa shape index (κ2) is 62.4. The zero-order chi connectivity index (χ0) is 52.9. The molecule has 0 aromatic heterocycles. The number of carbonyl (C=O) groups is 2. The van der Waals surface area contributed by atoms with Crippen LogP contribution in [0.15, 0.2) is 48.6 Å². The van der Waals surface area contributed by atoms with Crippen molar-refractivity contribution < 1.29 is 24.5 Å². The highest BCUT2D eigenvalue weighted by molar-refractivity contribution is 5.76. The van der Waals surface area contributed by atoms with Crippen molar-refractivity contribution in [1.29, 1.82) is 0 Å². The summed E-state index contributed by atoms with van der Waals surface area (Å²) in [5, 5.41) is 23.2. The zero-order valence-electron chi connectivity index (χ0n) is 48.9. The van der Waals surface area contributed by atoms with Crippen LogP contribution in [0, 0.1) is 0 Å². The van der Waals surface area contributed by atoms with Gasteiger partial charge in [-0.15, -0.1) is 0 Å². The average molecular weight is 1020 g/mol. The van der Waals surface area contributed by atoms with Gasteiger partial charge in [-0.3, -0.25) is 9.59 Å². The fraction of sp³-hybridized carbons (Fsp3) is 0.851. The maximum atomic E-state index is 12.5. The number of allylic oxidation sites excluding steroid dienone is 7. The van der Waals surface area contributed by atoms with E-state index in [0.717, 1.165) is 83.5 Å². The molecule has 0 radical (unpaired) electrons. The number of esters is 1. The summed E-state index contributed by atoms with van der Waals surface area (Å²) in [5.74, 6) is -0.106. The molecular weight excluding hydrogens is 899 g/mol. The lowest BCUT2D eigenvalue weighted by molar-refractivity contribution is -0.143. The molecule has 0 fully saturated rings. The second-order valence-corrected chi connectivity index (χ2v) is 22.1. The third kappa shape index (κ3) is 58.9. The number of nitrogens with one attached hydrogen (secondary N) is 1. The first-order chi connectivity index (χ1) is 36.0. The maximum absolute atomic E-state index is 12.5. The molecule has 6 nitrogen and oxygen atoms in total. The first-order valence-corrected chi connectivity index (χ1v) is 32.4. The summed E-state index contributed by atoms with van der Waals surface area (Å²) in [6.45, 7) is 4.86. The van der Waals surface area contributed by atoms with Crippen LogP contribution in [-0.4, -0.2) is 47.4 Å². The third-order valence-corrected chi connectivity index (χ3v) is 14.8. The highest BCUT2D eigenvalue weighted by Crippen LogP contribution is 2.17. The highest BCUT2D eigenvalue weighted by Gasteiger charge is 2.18. The van der Waals surface area contributed by atoms with E-state index in [1.54, 1.807) is 6.08 Å². The van der Waals surface area contributed by atoms with Crippen LogP contribution < -0.4 is 5.32 Å². The largest absolute Gasteiger partial charge is 0.466 e. The summed E-state index contributed by atoms with van der Waals surface area (Å²) in [6, 6.07) is -0.642.